The summed E-state index contributed by atoms with van der Waals surface area (Å²) in [6.07, 6.45) is 0. The highest BCUT2D eigenvalue weighted by atomic mass is 19.1. The first-order valence-corrected chi connectivity index (χ1v) is 9.81. The third-order valence-electron chi connectivity index (χ3n) is 5.00. The lowest BCUT2D eigenvalue weighted by Gasteiger charge is -2.09. The molecule has 0 spiro atoms. The van der Waals surface area contributed by atoms with Crippen LogP contribution in [0.1, 0.15) is 44.6 Å². The average molecular weight is 422 g/mol. The molecule has 7 heteroatoms. The summed E-state index contributed by atoms with van der Waals surface area (Å²) < 4.78 is 18.6. The summed E-state index contributed by atoms with van der Waals surface area (Å²) in [5.74, 6) is -2.81. The number of aromatic nitrogens is 1. The highest BCUT2D eigenvalue weighted by Crippen LogP contribution is 2.32. The number of aryl methyl sites for hydroxylation is 3. The van der Waals surface area contributed by atoms with Crippen LogP contribution in [0.4, 0.5) is 10.1 Å². The van der Waals surface area contributed by atoms with Crippen molar-refractivity contribution < 1.29 is 23.5 Å². The Morgan fingerprint density at radius 2 is 1.68 bits per heavy atom. The minimum absolute atomic E-state index is 0.0616. The number of nitrogens with one attached hydrogen (secondary N) is 2. The molecule has 2 N–H and O–H groups in total. The van der Waals surface area contributed by atoms with Crippen molar-refractivity contribution in [3.05, 3.63) is 76.4 Å². The van der Waals surface area contributed by atoms with E-state index in [1.807, 2.05) is 19.9 Å². The van der Waals surface area contributed by atoms with Gasteiger partial charge in [-0.05, 0) is 68.7 Å². The number of ketones is 1. The van der Waals surface area contributed by atoms with E-state index in [9.17, 15) is 18.8 Å². The second kappa shape index (κ2) is 8.95. The van der Waals surface area contributed by atoms with Gasteiger partial charge in [-0.1, -0.05) is 18.2 Å². The minimum atomic E-state index is -0.858. The maximum atomic E-state index is 13.4. The van der Waals surface area contributed by atoms with E-state index < -0.39 is 23.5 Å². The lowest BCUT2D eigenvalue weighted by molar-refractivity contribution is -0.112. The fourth-order valence-corrected chi connectivity index (χ4v) is 3.28. The molecule has 0 radical (unpaired) electrons. The summed E-state index contributed by atoms with van der Waals surface area (Å²) in [4.78, 5) is 41.2. The number of esters is 1. The number of rotatable bonds is 6. The second-order valence-corrected chi connectivity index (χ2v) is 7.18. The van der Waals surface area contributed by atoms with Crippen LogP contribution in [0.25, 0.3) is 11.1 Å². The Labute approximate surface area is 179 Å². The number of carbonyl (C=O) groups excluding carboxylic acids is 3. The van der Waals surface area contributed by atoms with Gasteiger partial charge in [0.15, 0.2) is 0 Å². The van der Waals surface area contributed by atoms with Gasteiger partial charge in [-0.3, -0.25) is 9.59 Å². The fraction of sp³-hybridized carbons (Fsp3) is 0.208. The van der Waals surface area contributed by atoms with E-state index in [1.54, 1.807) is 26.0 Å². The van der Waals surface area contributed by atoms with E-state index in [0.29, 0.717) is 16.9 Å². The van der Waals surface area contributed by atoms with Crippen molar-refractivity contribution in [1.82, 2.24) is 4.98 Å². The van der Waals surface area contributed by atoms with Crippen molar-refractivity contribution in [3.8, 4) is 11.1 Å². The van der Waals surface area contributed by atoms with E-state index in [0.717, 1.165) is 11.1 Å². The highest BCUT2D eigenvalue weighted by Gasteiger charge is 2.30. The zero-order valence-corrected chi connectivity index (χ0v) is 17.8. The largest absolute Gasteiger partial charge is 0.462 e. The molecule has 1 heterocycles. The van der Waals surface area contributed by atoms with E-state index in [-0.39, 0.29) is 23.4 Å². The second-order valence-electron chi connectivity index (χ2n) is 7.18. The summed E-state index contributed by atoms with van der Waals surface area (Å²) in [7, 11) is 0. The lowest BCUT2D eigenvalue weighted by Crippen LogP contribution is -2.24. The Balaban J connectivity index is 2.04. The molecule has 2 aromatic carbocycles. The van der Waals surface area contributed by atoms with E-state index in [4.69, 9.17) is 4.74 Å². The topological polar surface area (TPSA) is 88.3 Å². The standard InChI is InChI=1S/C24H23FN2O4/c1-5-31-24(30)19-15(4)26-21(20(19)16-7-9-17(25)10-8-16)22(28)23(29)27-18-11-6-13(2)14(3)12-18/h6-12,26H,5H2,1-4H3,(H,27,29). The molecule has 160 valence electrons. The van der Waals surface area contributed by atoms with Crippen LogP contribution in [0, 0.1) is 26.6 Å². The number of aromatic amines is 1. The smallest absolute Gasteiger partial charge is 0.340 e. The van der Waals surface area contributed by atoms with Crippen molar-refractivity contribution in [1.29, 1.82) is 0 Å². The van der Waals surface area contributed by atoms with Crippen LogP contribution in [0.5, 0.6) is 0 Å². The summed E-state index contributed by atoms with van der Waals surface area (Å²) in [6, 6.07) is 10.6. The number of carbonyl (C=O) groups is 3. The Hall–Kier alpha value is -3.74. The maximum Gasteiger partial charge on any atom is 0.340 e. The minimum Gasteiger partial charge on any atom is -0.462 e. The molecule has 0 aliphatic heterocycles. The van der Waals surface area contributed by atoms with E-state index >= 15 is 0 Å². The fourth-order valence-electron chi connectivity index (χ4n) is 3.28. The number of anilines is 1. The summed E-state index contributed by atoms with van der Waals surface area (Å²) in [5, 5.41) is 2.59. The molecule has 0 aliphatic rings. The molecule has 0 saturated carbocycles. The number of ether oxygens (including phenoxy) is 1. The van der Waals surface area contributed by atoms with Gasteiger partial charge in [0.05, 0.1) is 12.2 Å². The SMILES string of the molecule is CCOC(=O)c1c(C)[nH]c(C(=O)C(=O)Nc2ccc(C)c(C)c2)c1-c1ccc(F)cc1. The predicted octanol–water partition coefficient (Wildman–Crippen LogP) is 4.74. The monoisotopic (exact) mass is 422 g/mol. The Morgan fingerprint density at radius 1 is 1.00 bits per heavy atom. The van der Waals surface area contributed by atoms with Gasteiger partial charge in [0, 0.05) is 16.9 Å². The van der Waals surface area contributed by atoms with Crippen molar-refractivity contribution in [3.63, 3.8) is 0 Å². The Bertz CT molecular complexity index is 1160. The first-order chi connectivity index (χ1) is 14.7. The number of hydrogen-bond acceptors (Lipinski definition) is 4. The van der Waals surface area contributed by atoms with Crippen LogP contribution in [-0.2, 0) is 9.53 Å². The van der Waals surface area contributed by atoms with Gasteiger partial charge in [-0.25, -0.2) is 9.18 Å². The quantitative estimate of drug-likeness (QED) is 0.341. The van der Waals surface area contributed by atoms with Gasteiger partial charge in [0.1, 0.15) is 11.5 Å². The zero-order chi connectivity index (χ0) is 22.7. The van der Waals surface area contributed by atoms with Crippen LogP contribution >= 0.6 is 0 Å². The third-order valence-corrected chi connectivity index (χ3v) is 5.00. The normalized spacial score (nSPS) is 10.6. The molecule has 1 amide bonds. The molecule has 0 saturated heterocycles. The van der Waals surface area contributed by atoms with Gasteiger partial charge < -0.3 is 15.0 Å². The van der Waals surface area contributed by atoms with Gasteiger partial charge >= 0.3 is 5.97 Å². The van der Waals surface area contributed by atoms with Crippen LogP contribution in [0.15, 0.2) is 42.5 Å². The number of H-pyrrole nitrogens is 1. The van der Waals surface area contributed by atoms with Crippen LogP contribution in [-0.4, -0.2) is 29.3 Å². The number of Topliss-reactive ketones (excluding diaryl/α,β-unsaturated/α-hetero) is 1. The third kappa shape index (κ3) is 4.55. The van der Waals surface area contributed by atoms with Crippen molar-refractivity contribution >= 4 is 23.3 Å². The number of hydrogen-bond donors (Lipinski definition) is 2. The Kier molecular flexibility index (Phi) is 6.34. The van der Waals surface area contributed by atoms with Crippen LogP contribution < -0.4 is 5.32 Å². The molecule has 3 rings (SSSR count). The van der Waals surface area contributed by atoms with Crippen LogP contribution in [0.3, 0.4) is 0 Å². The summed E-state index contributed by atoms with van der Waals surface area (Å²) in [5.41, 5.74) is 3.58. The number of halogens is 1. The highest BCUT2D eigenvalue weighted by molar-refractivity contribution is 6.47. The molecule has 0 unspecified atom stereocenters. The molecule has 0 atom stereocenters. The first kappa shape index (κ1) is 22.0. The molecular formula is C24H23FN2O4. The zero-order valence-electron chi connectivity index (χ0n) is 17.8. The molecule has 0 bridgehead atoms. The van der Waals surface area contributed by atoms with Crippen molar-refractivity contribution in [2.24, 2.45) is 0 Å². The van der Waals surface area contributed by atoms with Gasteiger partial charge in [-0.2, -0.15) is 0 Å². The van der Waals surface area contributed by atoms with Crippen molar-refractivity contribution in [2.45, 2.75) is 27.7 Å². The van der Waals surface area contributed by atoms with Gasteiger partial charge in [0.25, 0.3) is 11.7 Å². The molecular weight excluding hydrogens is 399 g/mol. The average Bonchev–Trinajstić information content (AvgIpc) is 3.08. The first-order valence-electron chi connectivity index (χ1n) is 9.81. The summed E-state index contributed by atoms with van der Waals surface area (Å²) >= 11 is 0. The van der Waals surface area contributed by atoms with Crippen LogP contribution in [0.2, 0.25) is 0 Å². The molecule has 0 aliphatic carbocycles. The van der Waals surface area contributed by atoms with Gasteiger partial charge in [0.2, 0.25) is 0 Å². The molecule has 0 fully saturated rings. The maximum absolute atomic E-state index is 13.4. The Morgan fingerprint density at radius 3 is 2.29 bits per heavy atom. The van der Waals surface area contributed by atoms with Gasteiger partial charge in [-0.15, -0.1) is 0 Å². The number of amides is 1. The molecule has 6 nitrogen and oxygen atoms in total. The number of benzene rings is 2. The molecule has 31 heavy (non-hydrogen) atoms. The molecule has 1 aromatic heterocycles. The lowest BCUT2D eigenvalue weighted by atomic mass is 9.98. The van der Waals surface area contributed by atoms with E-state index in [2.05, 4.69) is 10.3 Å². The van der Waals surface area contributed by atoms with E-state index in [1.165, 1.54) is 24.3 Å². The summed E-state index contributed by atoms with van der Waals surface area (Å²) in [6.45, 7) is 7.26. The molecule has 3 aromatic rings. The van der Waals surface area contributed by atoms with Crippen molar-refractivity contribution in [2.75, 3.05) is 11.9 Å². The predicted molar refractivity (Wildman–Crippen MR) is 116 cm³/mol.